The SMILES string of the molecule is CC(C)(C)OC(=O)N1[C@@H](CCC[C@@H]2[C@@H](OCc3ccccc3)[C@H](OCc3ccccc3)[C@@H](COCc3ccccc3)N2C(=O)OCc2ccccc2)COC1(C)C. The van der Waals surface area contributed by atoms with Gasteiger partial charge < -0.3 is 28.4 Å². The molecule has 0 spiro atoms. The third kappa shape index (κ3) is 11.7. The summed E-state index contributed by atoms with van der Waals surface area (Å²) in [6.07, 6.45) is -0.104. The number of nitrogens with zero attached hydrogens (tertiary/aromatic N) is 2. The van der Waals surface area contributed by atoms with Crippen molar-refractivity contribution in [3.8, 4) is 0 Å². The van der Waals surface area contributed by atoms with Crippen molar-refractivity contribution in [1.82, 2.24) is 9.80 Å². The fourth-order valence-electron chi connectivity index (χ4n) is 7.70. The van der Waals surface area contributed by atoms with Crippen molar-refractivity contribution in [2.75, 3.05) is 13.2 Å². The topological polar surface area (TPSA) is 96.0 Å². The number of hydrogen-bond donors (Lipinski definition) is 0. The summed E-state index contributed by atoms with van der Waals surface area (Å²) in [5.74, 6) is 0. The van der Waals surface area contributed by atoms with Crippen molar-refractivity contribution >= 4 is 12.2 Å². The highest BCUT2D eigenvalue weighted by molar-refractivity contribution is 5.70. The zero-order chi connectivity index (χ0) is 40.3. The van der Waals surface area contributed by atoms with Crippen LogP contribution in [0, 0.1) is 0 Å². The summed E-state index contributed by atoms with van der Waals surface area (Å²) in [5, 5.41) is 0. The first kappa shape index (κ1) is 41.9. The van der Waals surface area contributed by atoms with E-state index >= 15 is 0 Å². The number of amides is 2. The second-order valence-electron chi connectivity index (χ2n) is 16.3. The van der Waals surface area contributed by atoms with Gasteiger partial charge in [-0.25, -0.2) is 9.59 Å². The summed E-state index contributed by atoms with van der Waals surface area (Å²) in [6.45, 7) is 11.1. The molecular weight excluding hydrogens is 721 g/mol. The van der Waals surface area contributed by atoms with Crippen LogP contribution in [0.4, 0.5) is 9.59 Å². The van der Waals surface area contributed by atoms with Crippen molar-refractivity contribution in [3.63, 3.8) is 0 Å². The summed E-state index contributed by atoms with van der Waals surface area (Å²) >= 11 is 0. The Kier molecular flexibility index (Phi) is 14.4. The highest BCUT2D eigenvalue weighted by Gasteiger charge is 2.53. The first-order valence-corrected chi connectivity index (χ1v) is 20.1. The summed E-state index contributed by atoms with van der Waals surface area (Å²) in [7, 11) is 0. The molecule has 6 rings (SSSR count). The molecule has 4 aromatic rings. The number of hydrogen-bond acceptors (Lipinski definition) is 8. The van der Waals surface area contributed by atoms with Gasteiger partial charge >= 0.3 is 12.2 Å². The van der Waals surface area contributed by atoms with Crippen LogP contribution in [0.15, 0.2) is 121 Å². The van der Waals surface area contributed by atoms with Gasteiger partial charge in [0.05, 0.1) is 51.2 Å². The molecule has 2 aliphatic rings. The van der Waals surface area contributed by atoms with E-state index in [0.29, 0.717) is 45.7 Å². The predicted molar refractivity (Wildman–Crippen MR) is 218 cm³/mol. The normalized spacial score (nSPS) is 21.7. The number of rotatable bonds is 16. The molecule has 0 N–H and O–H groups in total. The average molecular weight is 779 g/mol. The van der Waals surface area contributed by atoms with Crippen LogP contribution >= 0.6 is 0 Å². The molecule has 10 heteroatoms. The van der Waals surface area contributed by atoms with Crippen LogP contribution < -0.4 is 0 Å². The monoisotopic (exact) mass is 778 g/mol. The molecule has 0 aliphatic carbocycles. The molecule has 2 amide bonds. The van der Waals surface area contributed by atoms with Gasteiger partial charge in [-0.2, -0.15) is 0 Å². The minimum atomic E-state index is -0.827. The van der Waals surface area contributed by atoms with Crippen LogP contribution in [0.2, 0.25) is 0 Å². The van der Waals surface area contributed by atoms with Gasteiger partial charge in [-0.3, -0.25) is 9.80 Å². The molecule has 2 fully saturated rings. The summed E-state index contributed by atoms with van der Waals surface area (Å²) in [5.41, 5.74) is 2.46. The first-order chi connectivity index (χ1) is 27.5. The minimum absolute atomic E-state index is 0.116. The van der Waals surface area contributed by atoms with Crippen LogP contribution in [0.5, 0.6) is 0 Å². The molecule has 2 heterocycles. The van der Waals surface area contributed by atoms with E-state index in [1.807, 2.05) is 156 Å². The molecule has 5 atom stereocenters. The lowest BCUT2D eigenvalue weighted by Gasteiger charge is -2.35. The Morgan fingerprint density at radius 1 is 0.649 bits per heavy atom. The van der Waals surface area contributed by atoms with Gasteiger partial charge in [-0.15, -0.1) is 0 Å². The quantitative estimate of drug-likeness (QED) is 0.111. The maximum absolute atomic E-state index is 14.5. The molecule has 0 aromatic heterocycles. The van der Waals surface area contributed by atoms with Crippen LogP contribution in [0.3, 0.4) is 0 Å². The van der Waals surface area contributed by atoms with Crippen LogP contribution in [-0.2, 0) is 54.8 Å². The largest absolute Gasteiger partial charge is 0.445 e. The zero-order valence-electron chi connectivity index (χ0n) is 34.0. The van der Waals surface area contributed by atoms with Gasteiger partial charge in [-0.05, 0) is 76.1 Å². The lowest BCUT2D eigenvalue weighted by molar-refractivity contribution is -0.0868. The number of ether oxygens (including phenoxy) is 6. The van der Waals surface area contributed by atoms with Crippen molar-refractivity contribution in [2.24, 2.45) is 0 Å². The van der Waals surface area contributed by atoms with E-state index in [1.165, 1.54) is 0 Å². The molecule has 304 valence electrons. The van der Waals surface area contributed by atoms with Gasteiger partial charge in [0.25, 0.3) is 0 Å². The fraction of sp³-hybridized carbons (Fsp3) is 0.447. The van der Waals surface area contributed by atoms with Gasteiger partial charge in [0.2, 0.25) is 0 Å². The Bertz CT molecular complexity index is 1820. The smallest absolute Gasteiger partial charge is 0.412 e. The Morgan fingerprint density at radius 2 is 1.12 bits per heavy atom. The highest BCUT2D eigenvalue weighted by Crippen LogP contribution is 2.37. The Morgan fingerprint density at radius 3 is 1.63 bits per heavy atom. The van der Waals surface area contributed by atoms with E-state index in [9.17, 15) is 9.59 Å². The number of likely N-dealkylation sites (tertiary alicyclic amines) is 1. The second-order valence-corrected chi connectivity index (χ2v) is 16.3. The number of carbonyl (C=O) groups is 2. The van der Waals surface area contributed by atoms with E-state index in [-0.39, 0.29) is 19.3 Å². The molecule has 2 saturated heterocycles. The maximum atomic E-state index is 14.5. The van der Waals surface area contributed by atoms with Crippen molar-refractivity contribution < 1.29 is 38.0 Å². The molecule has 0 bridgehead atoms. The Balaban J connectivity index is 1.30. The standard InChI is InChI=1S/C47H58N2O8/c1-46(2,3)57-45(51)49-39(33-56-47(49,4)5)27-18-28-40-42(53-30-36-21-12-7-13-22-36)43(54-31-37-23-14-8-15-24-37)41(34-52-29-35-19-10-6-11-20-35)48(40)44(50)55-32-38-25-16-9-17-26-38/h6-17,19-26,39-43H,18,27-34H2,1-5H3/t39-,40+,41+,42+,43+/m0/s1. The van der Waals surface area contributed by atoms with Crippen molar-refractivity contribution in [2.45, 2.75) is 122 Å². The third-order valence-electron chi connectivity index (χ3n) is 10.4. The Labute approximate surface area is 338 Å². The molecule has 0 radical (unpaired) electrons. The molecule has 2 aliphatic heterocycles. The van der Waals surface area contributed by atoms with Crippen LogP contribution in [-0.4, -0.2) is 76.9 Å². The highest BCUT2D eigenvalue weighted by atomic mass is 16.6. The van der Waals surface area contributed by atoms with E-state index in [0.717, 1.165) is 22.3 Å². The number of carbonyl (C=O) groups excluding carboxylic acids is 2. The molecular formula is C47H58N2O8. The molecule has 0 unspecified atom stereocenters. The van der Waals surface area contributed by atoms with E-state index in [1.54, 1.807) is 9.80 Å². The fourth-order valence-corrected chi connectivity index (χ4v) is 7.70. The lowest BCUT2D eigenvalue weighted by atomic mass is 10.00. The first-order valence-electron chi connectivity index (χ1n) is 20.1. The molecule has 0 saturated carbocycles. The van der Waals surface area contributed by atoms with E-state index in [4.69, 9.17) is 28.4 Å². The second kappa shape index (κ2) is 19.6. The predicted octanol–water partition coefficient (Wildman–Crippen LogP) is 9.31. The van der Waals surface area contributed by atoms with Crippen LogP contribution in [0.25, 0.3) is 0 Å². The van der Waals surface area contributed by atoms with E-state index in [2.05, 4.69) is 0 Å². The van der Waals surface area contributed by atoms with Gasteiger partial charge in [0.15, 0.2) is 0 Å². The maximum Gasteiger partial charge on any atom is 0.412 e. The van der Waals surface area contributed by atoms with Gasteiger partial charge in [0.1, 0.15) is 30.1 Å². The van der Waals surface area contributed by atoms with Crippen LogP contribution in [0.1, 0.15) is 76.1 Å². The Hall–Kier alpha value is -4.74. The van der Waals surface area contributed by atoms with Gasteiger partial charge in [0, 0.05) is 0 Å². The molecule has 10 nitrogen and oxygen atoms in total. The lowest BCUT2D eigenvalue weighted by Crippen LogP contribution is -2.50. The van der Waals surface area contributed by atoms with E-state index < -0.39 is 47.8 Å². The molecule has 57 heavy (non-hydrogen) atoms. The summed E-state index contributed by atoms with van der Waals surface area (Å²) in [6, 6.07) is 38.5. The summed E-state index contributed by atoms with van der Waals surface area (Å²) in [4.78, 5) is 31.6. The molecule has 4 aromatic carbocycles. The number of benzene rings is 4. The summed E-state index contributed by atoms with van der Waals surface area (Å²) < 4.78 is 38.2. The zero-order valence-corrected chi connectivity index (χ0v) is 34.0. The average Bonchev–Trinajstić information content (AvgIpc) is 3.67. The van der Waals surface area contributed by atoms with Crippen molar-refractivity contribution in [1.29, 1.82) is 0 Å². The van der Waals surface area contributed by atoms with Gasteiger partial charge in [-0.1, -0.05) is 121 Å². The minimum Gasteiger partial charge on any atom is -0.445 e. The van der Waals surface area contributed by atoms with Crippen molar-refractivity contribution in [3.05, 3.63) is 144 Å². The third-order valence-corrected chi connectivity index (χ3v) is 10.4.